The largest absolute Gasteiger partial charge is 0.369 e. The molecule has 1 aliphatic heterocycles. The maximum absolute atomic E-state index is 6.24. The predicted octanol–water partition coefficient (Wildman–Crippen LogP) is 4.50. The van der Waals surface area contributed by atoms with Crippen LogP contribution in [0.5, 0.6) is 0 Å². The van der Waals surface area contributed by atoms with E-state index in [1.165, 1.54) is 5.56 Å². The Morgan fingerprint density at radius 3 is 2.40 bits per heavy atom. The lowest BCUT2D eigenvalue weighted by molar-refractivity contribution is -0.0776. The summed E-state index contributed by atoms with van der Waals surface area (Å²) in [4.78, 5) is 0. The molecule has 2 unspecified atom stereocenters. The number of benzene rings is 1. The minimum Gasteiger partial charge on any atom is -0.369 e. The number of nitrogens with one attached hydrogen (secondary N) is 1. The van der Waals surface area contributed by atoms with E-state index in [2.05, 4.69) is 52.1 Å². The number of aryl methyl sites for hydroxylation is 1. The van der Waals surface area contributed by atoms with E-state index in [0.717, 1.165) is 17.0 Å². The molecule has 1 fully saturated rings. The number of halogens is 1. The lowest BCUT2D eigenvalue weighted by Crippen LogP contribution is -2.37. The van der Waals surface area contributed by atoms with Gasteiger partial charge in [0.15, 0.2) is 0 Å². The summed E-state index contributed by atoms with van der Waals surface area (Å²) in [6.07, 6.45) is 1.05. The lowest BCUT2D eigenvalue weighted by atomic mass is 9.79. The quantitative estimate of drug-likeness (QED) is 0.886. The molecule has 3 heteroatoms. The van der Waals surface area contributed by atoms with E-state index >= 15 is 0 Å². The Morgan fingerprint density at radius 2 is 1.95 bits per heavy atom. The standard InChI is InChI=1S/C17H26ClNO/c1-11-9-12(7-8-14(11)18)15(19-6)13-10-16(2,3)20-17(13,4)5/h7-9,13,15,19H,10H2,1-6H3. The molecule has 1 saturated heterocycles. The van der Waals surface area contributed by atoms with Crippen molar-refractivity contribution in [3.05, 3.63) is 34.3 Å². The van der Waals surface area contributed by atoms with E-state index < -0.39 is 0 Å². The number of hydrogen-bond acceptors (Lipinski definition) is 2. The fourth-order valence-electron chi connectivity index (χ4n) is 3.59. The highest BCUT2D eigenvalue weighted by atomic mass is 35.5. The SMILES string of the molecule is CNC(c1ccc(Cl)c(C)c1)C1CC(C)(C)OC1(C)C. The predicted molar refractivity (Wildman–Crippen MR) is 85.3 cm³/mol. The van der Waals surface area contributed by atoms with Crippen molar-refractivity contribution in [1.82, 2.24) is 5.32 Å². The molecule has 2 rings (SSSR count). The third-order valence-electron chi connectivity index (χ3n) is 4.40. The van der Waals surface area contributed by atoms with E-state index in [1.807, 2.05) is 13.1 Å². The first kappa shape index (κ1) is 15.8. The average Bonchev–Trinajstić information content (AvgIpc) is 2.53. The molecular weight excluding hydrogens is 270 g/mol. The number of rotatable bonds is 3. The molecule has 2 nitrogen and oxygen atoms in total. The topological polar surface area (TPSA) is 21.3 Å². The van der Waals surface area contributed by atoms with Crippen LogP contribution in [0.4, 0.5) is 0 Å². The van der Waals surface area contributed by atoms with Crippen molar-refractivity contribution in [3.8, 4) is 0 Å². The summed E-state index contributed by atoms with van der Waals surface area (Å²) in [5, 5.41) is 4.30. The third-order valence-corrected chi connectivity index (χ3v) is 4.82. The second-order valence-electron chi connectivity index (χ2n) is 7.05. The van der Waals surface area contributed by atoms with Crippen LogP contribution in [0.15, 0.2) is 18.2 Å². The van der Waals surface area contributed by atoms with Gasteiger partial charge in [-0.3, -0.25) is 0 Å². The van der Waals surface area contributed by atoms with Gasteiger partial charge < -0.3 is 10.1 Å². The van der Waals surface area contributed by atoms with Crippen molar-refractivity contribution in [1.29, 1.82) is 0 Å². The first-order valence-corrected chi connectivity index (χ1v) is 7.67. The molecule has 20 heavy (non-hydrogen) atoms. The lowest BCUT2D eigenvalue weighted by Gasteiger charge is -2.33. The van der Waals surface area contributed by atoms with Gasteiger partial charge in [0.2, 0.25) is 0 Å². The molecule has 1 N–H and O–H groups in total. The Balaban J connectivity index is 2.35. The van der Waals surface area contributed by atoms with Crippen molar-refractivity contribution in [3.63, 3.8) is 0 Å². The van der Waals surface area contributed by atoms with Crippen LogP contribution >= 0.6 is 11.6 Å². The fraction of sp³-hybridized carbons (Fsp3) is 0.647. The van der Waals surface area contributed by atoms with Crippen molar-refractivity contribution in [2.45, 2.75) is 58.3 Å². The summed E-state index contributed by atoms with van der Waals surface area (Å²) >= 11 is 6.14. The van der Waals surface area contributed by atoms with Crippen LogP contribution in [0.25, 0.3) is 0 Å². The Hall–Kier alpha value is -0.570. The fourth-order valence-corrected chi connectivity index (χ4v) is 3.70. The maximum Gasteiger partial charge on any atom is 0.0681 e. The summed E-state index contributed by atoms with van der Waals surface area (Å²) in [6, 6.07) is 6.58. The third kappa shape index (κ3) is 3.03. The van der Waals surface area contributed by atoms with Gasteiger partial charge in [0.1, 0.15) is 0 Å². The summed E-state index contributed by atoms with van der Waals surface area (Å²) < 4.78 is 6.24. The zero-order valence-electron chi connectivity index (χ0n) is 13.4. The molecule has 0 amide bonds. The maximum atomic E-state index is 6.24. The summed E-state index contributed by atoms with van der Waals surface area (Å²) in [7, 11) is 2.02. The van der Waals surface area contributed by atoms with Gasteiger partial charge in [-0.2, -0.15) is 0 Å². The van der Waals surface area contributed by atoms with Crippen LogP contribution in [-0.4, -0.2) is 18.2 Å². The summed E-state index contributed by atoms with van der Waals surface area (Å²) in [6.45, 7) is 10.8. The molecule has 0 radical (unpaired) electrons. The van der Waals surface area contributed by atoms with Gasteiger partial charge in [0.05, 0.1) is 11.2 Å². The van der Waals surface area contributed by atoms with Crippen molar-refractivity contribution >= 4 is 11.6 Å². The molecule has 1 aromatic rings. The number of hydrogen-bond donors (Lipinski definition) is 1. The van der Waals surface area contributed by atoms with Crippen LogP contribution in [0.1, 0.15) is 51.3 Å². The molecule has 1 heterocycles. The van der Waals surface area contributed by atoms with Crippen LogP contribution < -0.4 is 5.32 Å². The molecule has 0 spiro atoms. The Labute approximate surface area is 127 Å². The second kappa shape index (κ2) is 5.32. The van der Waals surface area contributed by atoms with Gasteiger partial charge in [-0.05, 0) is 65.3 Å². The Bertz CT molecular complexity index is 496. The molecule has 112 valence electrons. The van der Waals surface area contributed by atoms with Gasteiger partial charge >= 0.3 is 0 Å². The van der Waals surface area contributed by atoms with Crippen molar-refractivity contribution < 1.29 is 4.74 Å². The molecule has 0 aliphatic carbocycles. The van der Waals surface area contributed by atoms with Gasteiger partial charge in [0, 0.05) is 17.0 Å². The van der Waals surface area contributed by atoms with E-state index in [9.17, 15) is 0 Å². The Kier molecular flexibility index (Phi) is 4.21. The van der Waals surface area contributed by atoms with Gasteiger partial charge in [-0.15, -0.1) is 0 Å². The molecule has 1 aromatic carbocycles. The van der Waals surface area contributed by atoms with E-state index in [1.54, 1.807) is 0 Å². The van der Waals surface area contributed by atoms with Crippen LogP contribution in [0, 0.1) is 12.8 Å². The van der Waals surface area contributed by atoms with E-state index in [4.69, 9.17) is 16.3 Å². The number of ether oxygens (including phenoxy) is 1. The van der Waals surface area contributed by atoms with E-state index in [0.29, 0.717) is 5.92 Å². The highest BCUT2D eigenvalue weighted by Crippen LogP contribution is 2.47. The smallest absolute Gasteiger partial charge is 0.0681 e. The molecular formula is C17H26ClNO. The second-order valence-corrected chi connectivity index (χ2v) is 7.46. The van der Waals surface area contributed by atoms with Crippen LogP contribution in [0.3, 0.4) is 0 Å². The first-order valence-electron chi connectivity index (χ1n) is 7.30. The van der Waals surface area contributed by atoms with Crippen molar-refractivity contribution in [2.75, 3.05) is 7.05 Å². The minimum atomic E-state index is -0.134. The highest BCUT2D eigenvalue weighted by molar-refractivity contribution is 6.31. The van der Waals surface area contributed by atoms with E-state index in [-0.39, 0.29) is 17.2 Å². The Morgan fingerprint density at radius 1 is 1.30 bits per heavy atom. The normalized spacial score (nSPS) is 25.6. The highest BCUT2D eigenvalue weighted by Gasteiger charge is 2.49. The molecule has 0 bridgehead atoms. The molecule has 0 saturated carbocycles. The van der Waals surface area contributed by atoms with Crippen molar-refractivity contribution in [2.24, 2.45) is 5.92 Å². The molecule has 0 aromatic heterocycles. The first-order chi connectivity index (χ1) is 9.16. The zero-order chi connectivity index (χ0) is 15.1. The monoisotopic (exact) mass is 295 g/mol. The van der Waals surface area contributed by atoms with Gasteiger partial charge in [-0.1, -0.05) is 23.7 Å². The molecule has 2 atom stereocenters. The summed E-state index contributed by atoms with van der Waals surface area (Å²) in [5.41, 5.74) is 2.21. The van der Waals surface area contributed by atoms with Gasteiger partial charge in [0.25, 0.3) is 0 Å². The van der Waals surface area contributed by atoms with Gasteiger partial charge in [-0.25, -0.2) is 0 Å². The molecule has 1 aliphatic rings. The minimum absolute atomic E-state index is 0.0647. The van der Waals surface area contributed by atoms with Crippen LogP contribution in [-0.2, 0) is 4.74 Å². The van der Waals surface area contributed by atoms with Crippen LogP contribution in [0.2, 0.25) is 5.02 Å². The average molecular weight is 296 g/mol. The zero-order valence-corrected chi connectivity index (χ0v) is 14.1. The summed E-state index contributed by atoms with van der Waals surface area (Å²) in [5.74, 6) is 0.433.